The molecule has 1 aromatic heterocycles. The Kier molecular flexibility index (Phi) is 4.80. The zero-order valence-electron chi connectivity index (χ0n) is 12.6. The van der Waals surface area contributed by atoms with Gasteiger partial charge in [0, 0.05) is 22.2 Å². The summed E-state index contributed by atoms with van der Waals surface area (Å²) >= 11 is 1.77. The van der Waals surface area contributed by atoms with Crippen molar-refractivity contribution < 1.29 is 4.79 Å². The number of nitrogens with two attached hydrogens (primary N) is 2. The summed E-state index contributed by atoms with van der Waals surface area (Å²) < 4.78 is 0. The van der Waals surface area contributed by atoms with Gasteiger partial charge < -0.3 is 11.5 Å². The fourth-order valence-corrected chi connectivity index (χ4v) is 3.26. The number of rotatable bonds is 5. The molecule has 0 saturated carbocycles. The Hall–Kier alpha value is -0.870. The summed E-state index contributed by atoms with van der Waals surface area (Å²) in [4.78, 5) is 13.6. The molecule has 0 aliphatic heterocycles. The Morgan fingerprint density at radius 1 is 1.26 bits per heavy atom. The molecule has 1 unspecified atom stereocenters. The van der Waals surface area contributed by atoms with Gasteiger partial charge in [-0.05, 0) is 29.4 Å². The molecule has 0 saturated heterocycles. The molecule has 4 N–H and O–H groups in total. The van der Waals surface area contributed by atoms with Crippen LogP contribution in [0.1, 0.15) is 63.3 Å². The topological polar surface area (TPSA) is 69.1 Å². The molecule has 1 amide bonds. The van der Waals surface area contributed by atoms with Crippen LogP contribution in [0.4, 0.5) is 0 Å². The number of carbonyl (C=O) groups is 1. The average Bonchev–Trinajstić information content (AvgIpc) is 2.61. The van der Waals surface area contributed by atoms with Crippen molar-refractivity contribution >= 4 is 17.2 Å². The maximum absolute atomic E-state index is 11.1. The Morgan fingerprint density at radius 2 is 1.84 bits per heavy atom. The molecular formula is C15H26N2OS. The molecular weight excluding hydrogens is 256 g/mol. The van der Waals surface area contributed by atoms with Crippen molar-refractivity contribution in [2.24, 2.45) is 16.9 Å². The molecule has 0 spiro atoms. The standard InChI is InChI=1S/C15H26N2OS/c1-14(2,3)12-7-6-11(19-12)10(16)8-15(4,5)9-13(17)18/h6-7,10H,8-9,16H2,1-5H3,(H2,17,18). The first-order valence-electron chi connectivity index (χ1n) is 6.65. The second-order valence-corrected chi connectivity index (χ2v) is 8.19. The summed E-state index contributed by atoms with van der Waals surface area (Å²) in [5, 5.41) is 0. The molecule has 1 aromatic rings. The minimum Gasteiger partial charge on any atom is -0.370 e. The van der Waals surface area contributed by atoms with Crippen LogP contribution in [0.15, 0.2) is 12.1 Å². The zero-order chi connectivity index (χ0) is 14.8. The van der Waals surface area contributed by atoms with E-state index < -0.39 is 0 Å². The highest BCUT2D eigenvalue weighted by atomic mass is 32.1. The van der Waals surface area contributed by atoms with Crippen LogP contribution in [-0.2, 0) is 10.2 Å². The van der Waals surface area contributed by atoms with Gasteiger partial charge in [0.05, 0.1) is 0 Å². The normalized spacial score (nSPS) is 14.4. The molecule has 0 fully saturated rings. The highest BCUT2D eigenvalue weighted by molar-refractivity contribution is 7.12. The number of hydrogen-bond donors (Lipinski definition) is 2. The van der Waals surface area contributed by atoms with E-state index in [2.05, 4.69) is 32.9 Å². The first-order chi connectivity index (χ1) is 8.51. The summed E-state index contributed by atoms with van der Waals surface area (Å²) in [6.45, 7) is 10.7. The van der Waals surface area contributed by atoms with Crippen LogP contribution < -0.4 is 11.5 Å². The van der Waals surface area contributed by atoms with Crippen LogP contribution in [0.2, 0.25) is 0 Å². The largest absolute Gasteiger partial charge is 0.370 e. The molecule has 3 nitrogen and oxygen atoms in total. The maximum atomic E-state index is 11.1. The third-order valence-electron chi connectivity index (χ3n) is 3.16. The number of carbonyl (C=O) groups excluding carboxylic acids is 1. The van der Waals surface area contributed by atoms with Crippen LogP contribution in [0.5, 0.6) is 0 Å². The van der Waals surface area contributed by atoms with Gasteiger partial charge in [0.1, 0.15) is 0 Å². The fourth-order valence-electron chi connectivity index (χ4n) is 2.19. The van der Waals surface area contributed by atoms with Crippen molar-refractivity contribution in [2.75, 3.05) is 0 Å². The number of primary amides is 1. The third-order valence-corrected chi connectivity index (χ3v) is 4.80. The fraction of sp³-hybridized carbons (Fsp3) is 0.667. The number of thiophene rings is 1. The monoisotopic (exact) mass is 282 g/mol. The van der Waals surface area contributed by atoms with E-state index in [-0.39, 0.29) is 22.8 Å². The Bertz CT molecular complexity index is 443. The third kappa shape index (κ3) is 4.96. The Balaban J connectivity index is 2.76. The highest BCUT2D eigenvalue weighted by Crippen LogP contribution is 2.36. The Labute approximate surface area is 120 Å². The number of amides is 1. The van der Waals surface area contributed by atoms with Crippen LogP contribution in [0.3, 0.4) is 0 Å². The van der Waals surface area contributed by atoms with Gasteiger partial charge in [0.15, 0.2) is 0 Å². The van der Waals surface area contributed by atoms with Gasteiger partial charge in [0.25, 0.3) is 0 Å². The van der Waals surface area contributed by atoms with Crippen LogP contribution in [0, 0.1) is 5.41 Å². The van der Waals surface area contributed by atoms with E-state index in [0.29, 0.717) is 6.42 Å². The molecule has 1 heterocycles. The minimum atomic E-state index is -0.265. The lowest BCUT2D eigenvalue weighted by Gasteiger charge is -2.26. The molecule has 19 heavy (non-hydrogen) atoms. The van der Waals surface area contributed by atoms with Crippen molar-refractivity contribution in [1.82, 2.24) is 0 Å². The second kappa shape index (κ2) is 5.63. The highest BCUT2D eigenvalue weighted by Gasteiger charge is 2.26. The zero-order valence-corrected chi connectivity index (χ0v) is 13.4. The van der Waals surface area contributed by atoms with Gasteiger partial charge in [-0.3, -0.25) is 4.79 Å². The average molecular weight is 282 g/mol. The summed E-state index contributed by atoms with van der Waals surface area (Å²) in [5.41, 5.74) is 11.6. The van der Waals surface area contributed by atoms with E-state index in [1.807, 2.05) is 13.8 Å². The van der Waals surface area contributed by atoms with E-state index in [0.717, 1.165) is 6.42 Å². The van der Waals surface area contributed by atoms with Crippen LogP contribution in [0.25, 0.3) is 0 Å². The van der Waals surface area contributed by atoms with E-state index >= 15 is 0 Å². The lowest BCUT2D eigenvalue weighted by molar-refractivity contribution is -0.120. The summed E-state index contributed by atoms with van der Waals surface area (Å²) in [6.07, 6.45) is 1.14. The lowest BCUT2D eigenvalue weighted by atomic mass is 9.82. The van der Waals surface area contributed by atoms with Gasteiger partial charge in [0.2, 0.25) is 5.91 Å². The SMILES string of the molecule is CC(C)(CC(N)=O)CC(N)c1ccc(C(C)(C)C)s1. The summed E-state index contributed by atoms with van der Waals surface area (Å²) in [6, 6.07) is 4.23. The minimum absolute atomic E-state index is 0.0320. The molecule has 0 aromatic carbocycles. The molecule has 1 rings (SSSR count). The van der Waals surface area contributed by atoms with Crippen LogP contribution >= 0.6 is 11.3 Å². The van der Waals surface area contributed by atoms with E-state index in [1.165, 1.54) is 9.75 Å². The molecule has 0 bridgehead atoms. The molecule has 0 aliphatic rings. The first-order valence-corrected chi connectivity index (χ1v) is 7.47. The van der Waals surface area contributed by atoms with E-state index in [9.17, 15) is 4.79 Å². The molecule has 108 valence electrons. The van der Waals surface area contributed by atoms with Crippen LogP contribution in [-0.4, -0.2) is 5.91 Å². The van der Waals surface area contributed by atoms with E-state index in [4.69, 9.17) is 11.5 Å². The van der Waals surface area contributed by atoms with Crippen molar-refractivity contribution in [3.05, 3.63) is 21.9 Å². The van der Waals surface area contributed by atoms with Gasteiger partial charge in [-0.2, -0.15) is 0 Å². The summed E-state index contributed by atoms with van der Waals surface area (Å²) in [5.74, 6) is -0.265. The second-order valence-electron chi connectivity index (χ2n) is 7.07. The van der Waals surface area contributed by atoms with Gasteiger partial charge in [-0.1, -0.05) is 34.6 Å². The number of hydrogen-bond acceptors (Lipinski definition) is 3. The van der Waals surface area contributed by atoms with Crippen molar-refractivity contribution in [3.8, 4) is 0 Å². The molecule has 0 radical (unpaired) electrons. The smallest absolute Gasteiger partial charge is 0.217 e. The summed E-state index contributed by atoms with van der Waals surface area (Å²) in [7, 11) is 0. The van der Waals surface area contributed by atoms with Crippen molar-refractivity contribution in [3.63, 3.8) is 0 Å². The predicted octanol–water partition coefficient (Wildman–Crippen LogP) is 3.34. The van der Waals surface area contributed by atoms with Gasteiger partial charge in [-0.15, -0.1) is 11.3 Å². The maximum Gasteiger partial charge on any atom is 0.217 e. The Morgan fingerprint density at radius 3 is 2.26 bits per heavy atom. The van der Waals surface area contributed by atoms with Gasteiger partial charge >= 0.3 is 0 Å². The molecule has 1 atom stereocenters. The van der Waals surface area contributed by atoms with E-state index in [1.54, 1.807) is 11.3 Å². The van der Waals surface area contributed by atoms with Crippen molar-refractivity contribution in [1.29, 1.82) is 0 Å². The predicted molar refractivity (Wildman–Crippen MR) is 82.2 cm³/mol. The quantitative estimate of drug-likeness (QED) is 0.869. The van der Waals surface area contributed by atoms with Crippen molar-refractivity contribution in [2.45, 2.75) is 58.9 Å². The first kappa shape index (κ1) is 16.2. The lowest BCUT2D eigenvalue weighted by Crippen LogP contribution is -2.26. The van der Waals surface area contributed by atoms with Gasteiger partial charge in [-0.25, -0.2) is 0 Å². The molecule has 0 aliphatic carbocycles. The molecule has 4 heteroatoms.